The molecule has 0 saturated heterocycles. The van der Waals surface area contributed by atoms with E-state index in [1.165, 1.54) is 6.07 Å². The van der Waals surface area contributed by atoms with Crippen LogP contribution in [-0.4, -0.2) is 26.3 Å². The first kappa shape index (κ1) is 21.6. The van der Waals surface area contributed by atoms with Gasteiger partial charge in [-0.3, -0.25) is 9.52 Å². The van der Waals surface area contributed by atoms with Crippen LogP contribution in [0.4, 0.5) is 5.69 Å². The van der Waals surface area contributed by atoms with E-state index in [9.17, 15) is 13.2 Å². The maximum Gasteiger partial charge on any atom is 0.262 e. The molecule has 0 aromatic heterocycles. The van der Waals surface area contributed by atoms with E-state index in [1.807, 2.05) is 56.3 Å². The lowest BCUT2D eigenvalue weighted by atomic mass is 10.1. The van der Waals surface area contributed by atoms with Crippen LogP contribution in [0.15, 0.2) is 71.6 Å². The Balaban J connectivity index is 1.87. The van der Waals surface area contributed by atoms with Gasteiger partial charge in [0.1, 0.15) is 0 Å². The summed E-state index contributed by atoms with van der Waals surface area (Å²) in [5, 5.41) is 0. The van der Waals surface area contributed by atoms with Crippen molar-refractivity contribution in [2.75, 3.05) is 11.8 Å². The highest BCUT2D eigenvalue weighted by Crippen LogP contribution is 2.24. The Hall–Kier alpha value is -3.12. The topological polar surface area (TPSA) is 66.5 Å². The van der Waals surface area contributed by atoms with E-state index in [4.69, 9.17) is 0 Å². The van der Waals surface area contributed by atoms with Gasteiger partial charge in [-0.05, 0) is 55.7 Å². The van der Waals surface area contributed by atoms with Crippen LogP contribution < -0.4 is 4.72 Å². The largest absolute Gasteiger partial charge is 0.337 e. The molecule has 0 aliphatic heterocycles. The summed E-state index contributed by atoms with van der Waals surface area (Å²) in [6, 6.07) is 20.0. The lowest BCUT2D eigenvalue weighted by Gasteiger charge is -2.19. The Morgan fingerprint density at radius 1 is 0.900 bits per heavy atom. The molecule has 0 atom stereocenters. The first-order valence-electron chi connectivity index (χ1n) is 9.67. The fraction of sp³-hybridized carbons (Fsp3) is 0.208. The van der Waals surface area contributed by atoms with Crippen molar-refractivity contribution in [3.8, 4) is 0 Å². The molecule has 0 bridgehead atoms. The molecule has 0 spiro atoms. The zero-order valence-electron chi connectivity index (χ0n) is 17.6. The average molecular weight is 423 g/mol. The zero-order chi connectivity index (χ0) is 21.9. The van der Waals surface area contributed by atoms with E-state index in [1.54, 1.807) is 37.1 Å². The van der Waals surface area contributed by atoms with Crippen LogP contribution in [0.25, 0.3) is 0 Å². The first-order valence-corrected chi connectivity index (χ1v) is 11.2. The van der Waals surface area contributed by atoms with Gasteiger partial charge in [-0.2, -0.15) is 0 Å². The standard InChI is InChI=1S/C24H26N2O3S/c1-17-10-13-22(19(3)14-17)25-30(28,29)23-15-21(12-11-18(23)2)24(27)26(4)16-20-8-6-5-7-9-20/h5-15,25H,16H2,1-4H3. The number of hydrogen-bond acceptors (Lipinski definition) is 3. The molecule has 1 N–H and O–H groups in total. The number of hydrogen-bond donors (Lipinski definition) is 1. The van der Waals surface area contributed by atoms with Gasteiger partial charge in [-0.1, -0.05) is 54.1 Å². The second-order valence-electron chi connectivity index (χ2n) is 7.55. The van der Waals surface area contributed by atoms with E-state index in [0.29, 0.717) is 23.4 Å². The summed E-state index contributed by atoms with van der Waals surface area (Å²) in [5.41, 5.74) is 4.34. The minimum atomic E-state index is -3.84. The van der Waals surface area contributed by atoms with Gasteiger partial charge in [0.05, 0.1) is 10.6 Å². The van der Waals surface area contributed by atoms with Crippen molar-refractivity contribution in [3.05, 3.63) is 94.5 Å². The molecule has 3 aromatic carbocycles. The number of benzene rings is 3. The fourth-order valence-electron chi connectivity index (χ4n) is 3.30. The number of nitrogens with zero attached hydrogens (tertiary/aromatic N) is 1. The van der Waals surface area contributed by atoms with Gasteiger partial charge >= 0.3 is 0 Å². The minimum absolute atomic E-state index is 0.0986. The van der Waals surface area contributed by atoms with Crippen LogP contribution in [0.1, 0.15) is 32.6 Å². The zero-order valence-corrected chi connectivity index (χ0v) is 18.5. The number of nitrogens with one attached hydrogen (secondary N) is 1. The lowest BCUT2D eigenvalue weighted by Crippen LogP contribution is -2.26. The molecule has 0 saturated carbocycles. The molecular formula is C24H26N2O3S. The van der Waals surface area contributed by atoms with Crippen molar-refractivity contribution in [3.63, 3.8) is 0 Å². The predicted molar refractivity (Wildman–Crippen MR) is 120 cm³/mol. The Kier molecular flexibility index (Phi) is 6.27. The van der Waals surface area contributed by atoms with Crippen molar-refractivity contribution in [2.24, 2.45) is 0 Å². The smallest absolute Gasteiger partial charge is 0.262 e. The number of amides is 1. The summed E-state index contributed by atoms with van der Waals surface area (Å²) < 4.78 is 28.8. The van der Waals surface area contributed by atoms with Gasteiger partial charge in [-0.25, -0.2) is 8.42 Å². The normalized spacial score (nSPS) is 11.2. The van der Waals surface area contributed by atoms with Crippen LogP contribution >= 0.6 is 0 Å². The number of carbonyl (C=O) groups excluding carboxylic acids is 1. The second kappa shape index (κ2) is 8.71. The third kappa shape index (κ3) is 4.89. The van der Waals surface area contributed by atoms with Gasteiger partial charge < -0.3 is 4.90 Å². The molecule has 0 unspecified atom stereocenters. The van der Waals surface area contributed by atoms with E-state index in [2.05, 4.69) is 4.72 Å². The van der Waals surface area contributed by atoms with Crippen molar-refractivity contribution in [1.82, 2.24) is 4.90 Å². The quantitative estimate of drug-likeness (QED) is 0.627. The molecule has 6 heteroatoms. The van der Waals surface area contributed by atoms with Gasteiger partial charge in [-0.15, -0.1) is 0 Å². The van der Waals surface area contributed by atoms with Crippen LogP contribution in [0.2, 0.25) is 0 Å². The molecule has 5 nitrogen and oxygen atoms in total. The average Bonchev–Trinajstić information content (AvgIpc) is 2.70. The highest BCUT2D eigenvalue weighted by Gasteiger charge is 2.21. The monoisotopic (exact) mass is 422 g/mol. The van der Waals surface area contributed by atoms with Crippen LogP contribution in [-0.2, 0) is 16.6 Å². The Morgan fingerprint density at radius 2 is 1.60 bits per heavy atom. The number of anilines is 1. The lowest BCUT2D eigenvalue weighted by molar-refractivity contribution is 0.0785. The Bertz CT molecular complexity index is 1170. The summed E-state index contributed by atoms with van der Waals surface area (Å²) in [4.78, 5) is 14.6. The molecule has 0 radical (unpaired) electrons. The first-order chi connectivity index (χ1) is 14.2. The summed E-state index contributed by atoms with van der Waals surface area (Å²) in [7, 11) is -2.14. The highest BCUT2D eigenvalue weighted by atomic mass is 32.2. The molecule has 0 fully saturated rings. The predicted octanol–water partition coefficient (Wildman–Crippen LogP) is 4.68. The molecular weight excluding hydrogens is 396 g/mol. The Morgan fingerprint density at radius 3 is 2.27 bits per heavy atom. The highest BCUT2D eigenvalue weighted by molar-refractivity contribution is 7.92. The van der Waals surface area contributed by atoms with Crippen molar-refractivity contribution in [2.45, 2.75) is 32.2 Å². The summed E-state index contributed by atoms with van der Waals surface area (Å²) in [5.74, 6) is -0.234. The third-order valence-corrected chi connectivity index (χ3v) is 6.47. The van der Waals surface area contributed by atoms with Crippen molar-refractivity contribution in [1.29, 1.82) is 0 Å². The van der Waals surface area contributed by atoms with Crippen LogP contribution in [0, 0.1) is 20.8 Å². The molecule has 3 rings (SSSR count). The molecule has 1 amide bonds. The Labute approximate surface area is 178 Å². The van der Waals surface area contributed by atoms with Gasteiger partial charge in [0.15, 0.2) is 0 Å². The molecule has 3 aromatic rings. The molecule has 156 valence electrons. The number of carbonyl (C=O) groups is 1. The van der Waals surface area contributed by atoms with E-state index in [0.717, 1.165) is 16.7 Å². The SMILES string of the molecule is Cc1ccc(NS(=O)(=O)c2cc(C(=O)N(C)Cc3ccccc3)ccc2C)c(C)c1. The maximum absolute atomic E-state index is 13.1. The van der Waals surface area contributed by atoms with Crippen LogP contribution in [0.3, 0.4) is 0 Å². The van der Waals surface area contributed by atoms with Crippen molar-refractivity contribution < 1.29 is 13.2 Å². The summed E-state index contributed by atoms with van der Waals surface area (Å²) in [6.45, 7) is 5.97. The molecule has 0 aliphatic carbocycles. The summed E-state index contributed by atoms with van der Waals surface area (Å²) >= 11 is 0. The molecule has 0 aliphatic rings. The number of sulfonamides is 1. The van der Waals surface area contributed by atoms with Crippen molar-refractivity contribution >= 4 is 21.6 Å². The number of rotatable bonds is 6. The van der Waals surface area contributed by atoms with E-state index < -0.39 is 10.0 Å². The molecule has 0 heterocycles. The fourth-order valence-corrected chi connectivity index (χ4v) is 4.70. The van der Waals surface area contributed by atoms with E-state index >= 15 is 0 Å². The maximum atomic E-state index is 13.1. The van der Waals surface area contributed by atoms with E-state index in [-0.39, 0.29) is 10.8 Å². The van der Waals surface area contributed by atoms with Crippen LogP contribution in [0.5, 0.6) is 0 Å². The van der Waals surface area contributed by atoms with Gasteiger partial charge in [0, 0.05) is 19.2 Å². The summed E-state index contributed by atoms with van der Waals surface area (Å²) in [6.07, 6.45) is 0. The van der Waals surface area contributed by atoms with Gasteiger partial charge in [0.2, 0.25) is 0 Å². The molecule has 30 heavy (non-hydrogen) atoms. The minimum Gasteiger partial charge on any atom is -0.337 e. The van der Waals surface area contributed by atoms with Gasteiger partial charge in [0.25, 0.3) is 15.9 Å². The second-order valence-corrected chi connectivity index (χ2v) is 9.20. The number of aryl methyl sites for hydroxylation is 3. The third-order valence-electron chi connectivity index (χ3n) is 4.96.